The third-order valence-corrected chi connectivity index (χ3v) is 15.4. The van der Waals surface area contributed by atoms with Crippen LogP contribution in [-0.4, -0.2) is 99.3 Å². The van der Waals surface area contributed by atoms with Gasteiger partial charge in [-0.25, -0.2) is 9.59 Å². The number of benzene rings is 9. The first-order valence-corrected chi connectivity index (χ1v) is 30.7. The van der Waals surface area contributed by atoms with Crippen LogP contribution in [0.15, 0.2) is 214 Å². The van der Waals surface area contributed by atoms with E-state index < -0.39 is 29.0 Å². The van der Waals surface area contributed by atoms with Gasteiger partial charge in [-0.1, -0.05) is 201 Å². The van der Waals surface area contributed by atoms with E-state index in [0.29, 0.717) is 65.8 Å². The molecule has 3 atom stereocenters. The van der Waals surface area contributed by atoms with Gasteiger partial charge in [-0.2, -0.15) is 0 Å². The number of fused-ring (bicyclic) bond motifs is 3. The van der Waals surface area contributed by atoms with Crippen molar-refractivity contribution in [2.24, 2.45) is 0 Å². The fourth-order valence-electron chi connectivity index (χ4n) is 8.17. The van der Waals surface area contributed by atoms with Crippen molar-refractivity contribution in [1.29, 1.82) is 0 Å². The monoisotopic (exact) mass is 1710 g/mol. The molecule has 0 bridgehead atoms. The quantitative estimate of drug-likeness (QED) is 0.0261. The Labute approximate surface area is 718 Å². The van der Waals surface area contributed by atoms with Crippen molar-refractivity contribution < 1.29 is 187 Å². The maximum absolute atomic E-state index is 12.5. The smallest absolute Gasteiger partial charge is 1.00 e. The summed E-state index contributed by atoms with van der Waals surface area (Å²) in [5.74, 6) is -1.14. The molecule has 3 heterocycles. The maximum atomic E-state index is 12.5. The summed E-state index contributed by atoms with van der Waals surface area (Å²) in [7, 11) is 2.69. The second kappa shape index (κ2) is 46.6. The molecule has 12 aromatic rings. The first kappa shape index (κ1) is 94.0. The molecule has 0 saturated heterocycles. The first-order valence-electron chi connectivity index (χ1n) is 26.3. The summed E-state index contributed by atoms with van der Waals surface area (Å²) in [4.78, 5) is 50.5. The van der Waals surface area contributed by atoms with Crippen LogP contribution in [0.25, 0.3) is 50.2 Å². The van der Waals surface area contributed by atoms with Gasteiger partial charge < -0.3 is 46.2 Å². The van der Waals surface area contributed by atoms with Gasteiger partial charge in [-0.05, 0) is 133 Å². The number of carboxylic acids is 1. The molecule has 506 valence electrons. The van der Waals surface area contributed by atoms with Gasteiger partial charge in [0.25, 0.3) is 6.47 Å². The molecule has 99 heavy (non-hydrogen) atoms. The predicted octanol–water partition coefficient (Wildman–Crippen LogP) is 7.94. The molecule has 3 unspecified atom stereocenters. The number of alkyl halides is 1. The Bertz CT molecular complexity index is 4460. The number of carboxylic acid groups (broad SMARTS) is 1. The molecular weight excluding hydrogens is 1650 g/mol. The normalized spacial score (nSPS) is 10.6. The second-order valence-electron chi connectivity index (χ2n) is 18.4. The average Bonchev–Trinajstić information content (AvgIpc) is 1.71. The average molecular weight is 1710 g/mol. The number of halogens is 7. The Morgan fingerprint density at radius 2 is 0.788 bits per heavy atom. The van der Waals surface area contributed by atoms with Crippen molar-refractivity contribution in [3.05, 3.63) is 245 Å². The van der Waals surface area contributed by atoms with Crippen molar-refractivity contribution in [2.45, 2.75) is 46.7 Å². The van der Waals surface area contributed by atoms with Gasteiger partial charge in [0, 0.05) is 39.6 Å². The number of ether oxygens (including phenoxy) is 4. The molecule has 12 rings (SSSR count). The molecule has 0 amide bonds. The minimum atomic E-state index is -1.21. The van der Waals surface area contributed by atoms with Crippen LogP contribution in [-0.2, 0) is 33.5 Å². The van der Waals surface area contributed by atoms with E-state index >= 15 is 0 Å². The van der Waals surface area contributed by atoms with Crippen LogP contribution < -0.4 is 136 Å². The van der Waals surface area contributed by atoms with Crippen LogP contribution in [0, 0.1) is 0 Å². The fourth-order valence-corrected chi connectivity index (χ4v) is 10.4. The van der Waals surface area contributed by atoms with Gasteiger partial charge in [-0.3, -0.25) is 9.59 Å². The Morgan fingerprint density at radius 1 is 0.485 bits per heavy atom. The number of rotatable bonds is 14. The maximum Gasteiger partial charge on any atom is 1.00 e. The second-order valence-corrected chi connectivity index (χ2v) is 23.4. The third-order valence-electron chi connectivity index (χ3n) is 12.3. The van der Waals surface area contributed by atoms with E-state index in [4.69, 9.17) is 59.1 Å². The van der Waals surface area contributed by atoms with Gasteiger partial charge >= 0.3 is 140 Å². The number of carbonyl (C=O) groups is 4. The third kappa shape index (κ3) is 26.7. The van der Waals surface area contributed by atoms with Crippen LogP contribution in [0.5, 0.6) is 17.2 Å². The van der Waals surface area contributed by atoms with E-state index in [2.05, 4.69) is 104 Å². The van der Waals surface area contributed by atoms with E-state index in [1.165, 1.54) is 34.7 Å². The zero-order valence-corrected chi connectivity index (χ0v) is 65.3. The SMILES string of the molecule is C.C.C.C.COC(=O)C(Br)c1cccc(Br)c1.COC(=O)C(Oc1ccc(Cl)cc1-n1nc2ccccc2n1)c1cccc(Br)c1.O=C(O)C(Oc1ccc(Cl)cc1-n1nc2ccccc2n1)c1cccc(Br)c1.O=CO[O-].Oc1ccc(Cl)cc1-n1nc2ccccc2n1.[H-].[K+].[K+].[Li+].[OH-]. The van der Waals surface area contributed by atoms with Gasteiger partial charge in [0.1, 0.15) is 72.2 Å². The molecule has 0 saturated carbocycles. The molecule has 22 nitrogen and oxygen atoms in total. The summed E-state index contributed by atoms with van der Waals surface area (Å²) in [6.45, 7) is -0.181. The van der Waals surface area contributed by atoms with E-state index in [-0.39, 0.29) is 176 Å². The number of aromatic hydroxyl groups is 1. The Hall–Kier alpha value is -4.96. The minimum absolute atomic E-state index is 0. The van der Waals surface area contributed by atoms with Crippen LogP contribution >= 0.6 is 98.5 Å². The molecule has 9 aromatic carbocycles. The summed E-state index contributed by atoms with van der Waals surface area (Å²) in [6.07, 6.45) is -2.18. The predicted molar refractivity (Wildman–Crippen MR) is 383 cm³/mol. The van der Waals surface area contributed by atoms with Gasteiger partial charge in [0.15, 0.2) is 0 Å². The van der Waals surface area contributed by atoms with Crippen molar-refractivity contribution in [3.63, 3.8) is 0 Å². The van der Waals surface area contributed by atoms with Gasteiger partial charge in [-0.15, -0.1) is 45.0 Å². The van der Waals surface area contributed by atoms with Crippen molar-refractivity contribution >= 4 is 156 Å². The molecule has 0 fully saturated rings. The van der Waals surface area contributed by atoms with E-state index in [0.717, 1.165) is 41.0 Å². The van der Waals surface area contributed by atoms with E-state index in [9.17, 15) is 24.6 Å². The number of esters is 2. The molecule has 0 aliphatic rings. The summed E-state index contributed by atoms with van der Waals surface area (Å²) in [6, 6.07) is 58.8. The molecule has 0 spiro atoms. The fraction of sp³-hybridized carbons (Fsp3) is 0.134. The number of aliphatic carboxylic acids is 1. The largest absolute Gasteiger partial charge is 1.00 e. The molecular formula is C67H63Br4Cl3K2LiN9O13. The number of carbonyl (C=O) groups excluding carboxylic acids is 3. The number of phenols is 1. The van der Waals surface area contributed by atoms with Crippen LogP contribution in [0.3, 0.4) is 0 Å². The van der Waals surface area contributed by atoms with Crippen LogP contribution in [0.1, 0.15) is 64.9 Å². The number of aromatic nitrogens is 9. The molecule has 0 aliphatic heterocycles. The molecule has 32 heteroatoms. The summed E-state index contributed by atoms with van der Waals surface area (Å²) in [5.41, 5.74) is 7.86. The standard InChI is InChI=1S/C21H15BrClN3O3.C20H13BrClN3O3.C12H8ClN3O.C9H8Br2O2.CH2O3.4CH4.2K.Li.H2O.H/c1-28-21(27)20(13-5-4-6-14(22)11-13)29-19-10-9-15(23)12-18(19)26-24-16-7-2-3-8-17(16)25-26;21-13-5-3-4-12(10-13)19(20(26)27)28-18-9-8-14(22)11-17(18)25-23-15-6-1-2-7-16(15)24-25;13-8-5-6-12(17)11(7-8)16-14-9-3-1-2-4-10(9)15-16;1-13-9(12)8(11)6-3-2-4-7(10)5-6;2-1-4-3;;;;;;;;;/h2-12,20H,1H3;1-11,19H,(H,26,27);1-7,17H;2-5,8H,1H3;1,3H;4*1H4;;;;1H2;/q;;;;;;;;;3*+1;;-1/p-2. The zero-order valence-electron chi connectivity index (χ0n) is 51.5. The van der Waals surface area contributed by atoms with Gasteiger partial charge in [0.2, 0.25) is 12.2 Å². The van der Waals surface area contributed by atoms with Gasteiger partial charge in [0.05, 0.1) is 14.2 Å². The zero-order chi connectivity index (χ0) is 65.1. The summed E-state index contributed by atoms with van der Waals surface area (Å²) >= 11 is 31.6. The number of hydrogen-bond donors (Lipinski definition) is 2. The first-order chi connectivity index (χ1) is 43.9. The number of methoxy groups -OCH3 is 2. The number of hydrogen-bond acceptors (Lipinski definition) is 18. The topological polar surface area (TPSA) is 300 Å². The van der Waals surface area contributed by atoms with E-state index in [1.54, 1.807) is 78.9 Å². The Balaban J connectivity index is 0. The van der Waals surface area contributed by atoms with E-state index in [1.807, 2.05) is 115 Å². The van der Waals surface area contributed by atoms with Crippen molar-refractivity contribution in [1.82, 2.24) is 45.0 Å². The van der Waals surface area contributed by atoms with Crippen LogP contribution in [0.2, 0.25) is 15.1 Å². The summed E-state index contributed by atoms with van der Waals surface area (Å²) in [5, 5.41) is 55.8. The molecule has 3 N–H and O–H groups in total. The Kier molecular flexibility index (Phi) is 44.3. The van der Waals surface area contributed by atoms with Crippen molar-refractivity contribution in [3.8, 4) is 34.3 Å². The van der Waals surface area contributed by atoms with Crippen molar-refractivity contribution in [2.75, 3.05) is 14.2 Å². The minimum Gasteiger partial charge on any atom is -1.00 e. The summed E-state index contributed by atoms with van der Waals surface area (Å²) < 4.78 is 24.0. The molecule has 0 aliphatic carbocycles. The molecule has 3 aromatic heterocycles. The van der Waals surface area contributed by atoms with Crippen LogP contribution in [0.4, 0.5) is 0 Å². The molecule has 0 radical (unpaired) electrons. The Morgan fingerprint density at radius 3 is 1.12 bits per heavy atom. The number of phenolic OH excluding ortho intramolecular Hbond substituents is 1. The number of nitrogens with zero attached hydrogens (tertiary/aromatic N) is 9.